The lowest BCUT2D eigenvalue weighted by atomic mass is 9.74. The van der Waals surface area contributed by atoms with Gasteiger partial charge >= 0.3 is 0 Å². The zero-order chi connectivity index (χ0) is 18.0. The van der Waals surface area contributed by atoms with E-state index < -0.39 is 0 Å². The highest BCUT2D eigenvalue weighted by molar-refractivity contribution is 5.79. The minimum absolute atomic E-state index is 0.0748. The Balaban J connectivity index is 2.06. The molecule has 1 aliphatic heterocycles. The first kappa shape index (κ1) is 19.6. The first-order valence-electron chi connectivity index (χ1n) is 9.49. The third-order valence-corrected chi connectivity index (χ3v) is 4.87. The Morgan fingerprint density at radius 2 is 1.88 bits per heavy atom. The number of unbranched alkanes of at least 4 members (excludes halogenated alkanes) is 1. The van der Waals surface area contributed by atoms with E-state index in [0.717, 1.165) is 57.3 Å². The Labute approximate surface area is 152 Å². The van der Waals surface area contributed by atoms with Gasteiger partial charge in [-0.05, 0) is 43.9 Å². The Kier molecular flexibility index (Phi) is 8.06. The molecule has 0 amide bonds. The fraction of sp³-hybridized carbons (Fsp3) is 0.650. The normalized spacial score (nSPS) is 17.2. The van der Waals surface area contributed by atoms with E-state index in [-0.39, 0.29) is 5.41 Å². The van der Waals surface area contributed by atoms with Crippen molar-refractivity contribution in [2.24, 2.45) is 4.99 Å². The molecule has 140 valence electrons. The van der Waals surface area contributed by atoms with Crippen LogP contribution in [0.25, 0.3) is 0 Å². The molecule has 0 aromatic heterocycles. The Morgan fingerprint density at radius 1 is 1.16 bits per heavy atom. The van der Waals surface area contributed by atoms with Crippen molar-refractivity contribution in [3.63, 3.8) is 0 Å². The monoisotopic (exact) mass is 347 g/mol. The highest BCUT2D eigenvalue weighted by atomic mass is 16.5. The third-order valence-electron chi connectivity index (χ3n) is 4.87. The van der Waals surface area contributed by atoms with Crippen molar-refractivity contribution in [2.45, 2.75) is 44.9 Å². The van der Waals surface area contributed by atoms with Crippen LogP contribution >= 0.6 is 0 Å². The number of aliphatic imine (C=N–C) groups is 1. The summed E-state index contributed by atoms with van der Waals surface area (Å²) in [6.07, 6.45) is 4.36. The van der Waals surface area contributed by atoms with Crippen LogP contribution < -0.4 is 15.4 Å². The van der Waals surface area contributed by atoms with Crippen LogP contribution in [-0.2, 0) is 10.2 Å². The van der Waals surface area contributed by atoms with E-state index in [1.807, 2.05) is 14.0 Å². The Morgan fingerprint density at radius 3 is 2.48 bits per heavy atom. The quantitative estimate of drug-likeness (QED) is 0.431. The van der Waals surface area contributed by atoms with E-state index in [1.165, 1.54) is 12.0 Å². The van der Waals surface area contributed by atoms with E-state index in [2.05, 4.69) is 46.8 Å². The molecular formula is C20H33N3O2. The van der Waals surface area contributed by atoms with Crippen LogP contribution in [0.2, 0.25) is 0 Å². The van der Waals surface area contributed by atoms with Gasteiger partial charge in [0.1, 0.15) is 5.75 Å². The lowest BCUT2D eigenvalue weighted by Gasteiger charge is -2.38. The molecule has 5 nitrogen and oxygen atoms in total. The van der Waals surface area contributed by atoms with Gasteiger partial charge in [-0.1, -0.05) is 25.5 Å². The van der Waals surface area contributed by atoms with Gasteiger partial charge in [-0.2, -0.15) is 0 Å². The van der Waals surface area contributed by atoms with Gasteiger partial charge in [0, 0.05) is 38.8 Å². The number of ether oxygens (including phenoxy) is 2. The number of nitrogens with zero attached hydrogens (tertiary/aromatic N) is 1. The lowest BCUT2D eigenvalue weighted by Crippen LogP contribution is -2.48. The molecule has 1 fully saturated rings. The molecule has 0 aliphatic carbocycles. The van der Waals surface area contributed by atoms with Crippen LogP contribution in [0.1, 0.15) is 45.1 Å². The SMILES string of the molecule is CCCCNC(=NC)NCC1(c2ccc(OCC)cc2)CCOCC1. The zero-order valence-corrected chi connectivity index (χ0v) is 15.9. The fourth-order valence-electron chi connectivity index (χ4n) is 3.26. The summed E-state index contributed by atoms with van der Waals surface area (Å²) in [5.74, 6) is 1.81. The van der Waals surface area contributed by atoms with Crippen molar-refractivity contribution in [2.75, 3.05) is 40.0 Å². The average molecular weight is 348 g/mol. The van der Waals surface area contributed by atoms with Crippen LogP contribution in [0.4, 0.5) is 0 Å². The van der Waals surface area contributed by atoms with Crippen molar-refractivity contribution in [1.29, 1.82) is 0 Å². The molecule has 1 aromatic carbocycles. The highest BCUT2D eigenvalue weighted by Crippen LogP contribution is 2.35. The van der Waals surface area contributed by atoms with Crippen molar-refractivity contribution < 1.29 is 9.47 Å². The van der Waals surface area contributed by atoms with Gasteiger partial charge in [0.05, 0.1) is 6.61 Å². The first-order chi connectivity index (χ1) is 12.2. The minimum Gasteiger partial charge on any atom is -0.494 e. The van der Waals surface area contributed by atoms with Gasteiger partial charge in [-0.15, -0.1) is 0 Å². The molecular weight excluding hydrogens is 314 g/mol. The Bertz CT molecular complexity index is 522. The van der Waals surface area contributed by atoms with Gasteiger partial charge < -0.3 is 20.1 Å². The van der Waals surface area contributed by atoms with Crippen molar-refractivity contribution in [3.8, 4) is 5.75 Å². The summed E-state index contributed by atoms with van der Waals surface area (Å²) in [5.41, 5.74) is 1.42. The summed E-state index contributed by atoms with van der Waals surface area (Å²) >= 11 is 0. The van der Waals surface area contributed by atoms with Crippen molar-refractivity contribution in [3.05, 3.63) is 29.8 Å². The van der Waals surface area contributed by atoms with Gasteiger partial charge in [0.25, 0.3) is 0 Å². The molecule has 0 bridgehead atoms. The summed E-state index contributed by atoms with van der Waals surface area (Å²) in [6, 6.07) is 8.55. The van der Waals surface area contributed by atoms with Gasteiger partial charge in [0.2, 0.25) is 0 Å². The maximum absolute atomic E-state index is 5.62. The first-order valence-corrected chi connectivity index (χ1v) is 9.49. The maximum Gasteiger partial charge on any atom is 0.191 e. The van der Waals surface area contributed by atoms with Gasteiger partial charge in [0.15, 0.2) is 5.96 Å². The molecule has 5 heteroatoms. The van der Waals surface area contributed by atoms with Crippen LogP contribution in [0, 0.1) is 0 Å². The maximum atomic E-state index is 5.62. The number of hydrogen-bond donors (Lipinski definition) is 2. The Hall–Kier alpha value is -1.75. The predicted molar refractivity (Wildman–Crippen MR) is 104 cm³/mol. The molecule has 0 spiro atoms. The minimum atomic E-state index is 0.0748. The second-order valence-electron chi connectivity index (χ2n) is 6.56. The second kappa shape index (κ2) is 10.3. The summed E-state index contributed by atoms with van der Waals surface area (Å²) < 4.78 is 11.2. The van der Waals surface area contributed by atoms with Crippen LogP contribution in [0.15, 0.2) is 29.3 Å². The van der Waals surface area contributed by atoms with Crippen LogP contribution in [0.3, 0.4) is 0 Å². The third kappa shape index (κ3) is 5.63. The number of guanidine groups is 1. The topological polar surface area (TPSA) is 54.9 Å². The molecule has 1 aromatic rings. The molecule has 1 saturated heterocycles. The summed E-state index contributed by atoms with van der Waals surface area (Å²) in [5, 5.41) is 6.92. The lowest BCUT2D eigenvalue weighted by molar-refractivity contribution is 0.0513. The summed E-state index contributed by atoms with van der Waals surface area (Å²) in [6.45, 7) is 8.31. The molecule has 2 N–H and O–H groups in total. The molecule has 25 heavy (non-hydrogen) atoms. The van der Waals surface area contributed by atoms with Crippen molar-refractivity contribution >= 4 is 5.96 Å². The molecule has 0 atom stereocenters. The van der Waals surface area contributed by atoms with E-state index >= 15 is 0 Å². The predicted octanol–water partition coefficient (Wildman–Crippen LogP) is 3.10. The number of benzene rings is 1. The smallest absolute Gasteiger partial charge is 0.191 e. The fourth-order valence-corrected chi connectivity index (χ4v) is 3.26. The standard InChI is InChI=1S/C20H33N3O2/c1-4-6-13-22-19(21-3)23-16-20(11-14-24-15-12-20)17-7-9-18(10-8-17)25-5-2/h7-10H,4-6,11-16H2,1-3H3,(H2,21,22,23). The second-order valence-corrected chi connectivity index (χ2v) is 6.56. The van der Waals surface area contributed by atoms with E-state index in [9.17, 15) is 0 Å². The zero-order valence-electron chi connectivity index (χ0n) is 15.9. The molecule has 1 heterocycles. The molecule has 1 aliphatic rings. The van der Waals surface area contributed by atoms with Crippen molar-refractivity contribution in [1.82, 2.24) is 10.6 Å². The summed E-state index contributed by atoms with van der Waals surface area (Å²) in [4.78, 5) is 4.35. The largest absolute Gasteiger partial charge is 0.494 e. The molecule has 0 unspecified atom stereocenters. The molecule has 0 radical (unpaired) electrons. The number of rotatable bonds is 8. The molecule has 0 saturated carbocycles. The number of nitrogens with one attached hydrogen (secondary N) is 2. The van der Waals surface area contributed by atoms with E-state index in [0.29, 0.717) is 6.61 Å². The average Bonchev–Trinajstić information content (AvgIpc) is 2.66. The van der Waals surface area contributed by atoms with E-state index in [1.54, 1.807) is 0 Å². The van der Waals surface area contributed by atoms with Gasteiger partial charge in [-0.25, -0.2) is 0 Å². The molecule has 2 rings (SSSR count). The van der Waals surface area contributed by atoms with Crippen LogP contribution in [-0.4, -0.2) is 45.9 Å². The summed E-state index contributed by atoms with van der Waals surface area (Å²) in [7, 11) is 1.83. The van der Waals surface area contributed by atoms with Gasteiger partial charge in [-0.3, -0.25) is 4.99 Å². The van der Waals surface area contributed by atoms with Crippen LogP contribution in [0.5, 0.6) is 5.75 Å². The number of hydrogen-bond acceptors (Lipinski definition) is 3. The highest BCUT2D eigenvalue weighted by Gasteiger charge is 2.34. The van der Waals surface area contributed by atoms with E-state index in [4.69, 9.17) is 9.47 Å².